The Morgan fingerprint density at radius 2 is 1.51 bits per heavy atom. The van der Waals surface area contributed by atoms with Gasteiger partial charge in [0.15, 0.2) is 5.11 Å². The lowest BCUT2D eigenvalue weighted by Gasteiger charge is -2.16. The molecule has 0 fully saturated rings. The molecule has 0 aliphatic heterocycles. The maximum Gasteiger partial charge on any atom is 0.258 e. The Morgan fingerprint density at radius 3 is 2.26 bits per heavy atom. The molecule has 1 amide bonds. The fraction of sp³-hybridized carbons (Fsp3) is 0.0714. The number of hydrogen-bond donors (Lipinski definition) is 3. The molecular formula is C28H23F2N3OS. The van der Waals surface area contributed by atoms with Crippen molar-refractivity contribution in [2.24, 2.45) is 0 Å². The van der Waals surface area contributed by atoms with Crippen LogP contribution >= 0.6 is 12.2 Å². The Bertz CT molecular complexity index is 1330. The molecule has 7 heteroatoms. The average Bonchev–Trinajstić information content (AvgIpc) is 2.87. The van der Waals surface area contributed by atoms with E-state index >= 15 is 0 Å². The van der Waals surface area contributed by atoms with Crippen LogP contribution in [0.3, 0.4) is 0 Å². The predicted octanol–water partition coefficient (Wildman–Crippen LogP) is 6.41. The summed E-state index contributed by atoms with van der Waals surface area (Å²) in [4.78, 5) is 12.7. The summed E-state index contributed by atoms with van der Waals surface area (Å²) in [7, 11) is 0. The van der Waals surface area contributed by atoms with Crippen molar-refractivity contribution in [2.45, 2.75) is 6.42 Å². The summed E-state index contributed by atoms with van der Waals surface area (Å²) in [6.45, 7) is 0.583. The number of carbonyl (C=O) groups is 1. The third-order valence-corrected chi connectivity index (χ3v) is 5.59. The second-order valence-electron chi connectivity index (χ2n) is 7.82. The zero-order valence-electron chi connectivity index (χ0n) is 18.7. The van der Waals surface area contributed by atoms with Gasteiger partial charge in [-0.05, 0) is 72.2 Å². The number of amides is 1. The van der Waals surface area contributed by atoms with Crippen molar-refractivity contribution in [1.82, 2.24) is 5.32 Å². The number of hydrogen-bond acceptors (Lipinski definition) is 2. The Kier molecular flexibility index (Phi) is 7.80. The maximum atomic E-state index is 14.1. The molecule has 0 aliphatic rings. The van der Waals surface area contributed by atoms with Gasteiger partial charge in [0.05, 0.1) is 5.56 Å². The van der Waals surface area contributed by atoms with Crippen LogP contribution in [0.1, 0.15) is 15.9 Å². The Labute approximate surface area is 208 Å². The highest BCUT2D eigenvalue weighted by Gasteiger charge is 2.14. The lowest BCUT2D eigenvalue weighted by atomic mass is 10.0. The van der Waals surface area contributed by atoms with Gasteiger partial charge < -0.3 is 16.0 Å². The molecule has 0 saturated carbocycles. The normalized spacial score (nSPS) is 10.5. The lowest BCUT2D eigenvalue weighted by Crippen LogP contribution is -2.30. The molecule has 0 aliphatic carbocycles. The third kappa shape index (κ3) is 6.49. The second-order valence-corrected chi connectivity index (χ2v) is 8.23. The first-order chi connectivity index (χ1) is 17.0. The van der Waals surface area contributed by atoms with E-state index in [1.807, 2.05) is 36.4 Å². The number of rotatable bonds is 7. The highest BCUT2D eigenvalue weighted by Crippen LogP contribution is 2.31. The molecule has 0 unspecified atom stereocenters. The molecule has 35 heavy (non-hydrogen) atoms. The van der Waals surface area contributed by atoms with Crippen LogP contribution in [-0.2, 0) is 6.42 Å². The van der Waals surface area contributed by atoms with E-state index in [4.69, 9.17) is 12.2 Å². The van der Waals surface area contributed by atoms with E-state index in [1.165, 1.54) is 24.3 Å². The Hall–Kier alpha value is -4.10. The number of carbonyl (C=O) groups excluding carboxylic acids is 1. The molecule has 4 aromatic rings. The van der Waals surface area contributed by atoms with Crippen molar-refractivity contribution in [3.8, 4) is 11.1 Å². The molecule has 0 atom stereocenters. The van der Waals surface area contributed by atoms with Crippen molar-refractivity contribution < 1.29 is 13.6 Å². The van der Waals surface area contributed by atoms with Gasteiger partial charge in [-0.25, -0.2) is 8.78 Å². The molecule has 4 nitrogen and oxygen atoms in total. The highest BCUT2D eigenvalue weighted by atomic mass is 32.1. The van der Waals surface area contributed by atoms with E-state index in [2.05, 4.69) is 16.0 Å². The molecule has 0 radical (unpaired) electrons. The van der Waals surface area contributed by atoms with Crippen molar-refractivity contribution >= 4 is 34.6 Å². The number of anilines is 2. The van der Waals surface area contributed by atoms with Crippen LogP contribution in [0.5, 0.6) is 0 Å². The van der Waals surface area contributed by atoms with E-state index in [0.29, 0.717) is 23.8 Å². The minimum Gasteiger partial charge on any atom is -0.362 e. The molecule has 0 saturated heterocycles. The van der Waals surface area contributed by atoms with Gasteiger partial charge in [0.2, 0.25) is 0 Å². The van der Waals surface area contributed by atoms with Crippen LogP contribution in [0.15, 0.2) is 97.1 Å². The Morgan fingerprint density at radius 1 is 0.800 bits per heavy atom. The van der Waals surface area contributed by atoms with Crippen LogP contribution in [0, 0.1) is 11.6 Å². The standard InChI is InChI=1S/C28H23F2N3OS/c29-21-12-10-19(11-13-21)16-17-31-28(35)32-22-14-15-26(24(18-22)20-6-2-1-3-7-20)33-27(34)23-8-4-5-9-25(23)30/h1-15,18H,16-17H2,(H,33,34)(H2,31,32,35). The smallest absolute Gasteiger partial charge is 0.258 e. The molecule has 0 aromatic heterocycles. The highest BCUT2D eigenvalue weighted by molar-refractivity contribution is 7.80. The lowest BCUT2D eigenvalue weighted by molar-refractivity contribution is 0.102. The first-order valence-corrected chi connectivity index (χ1v) is 11.4. The second kappa shape index (κ2) is 11.4. The number of nitrogens with one attached hydrogen (secondary N) is 3. The zero-order chi connectivity index (χ0) is 24.6. The fourth-order valence-electron chi connectivity index (χ4n) is 3.57. The summed E-state index contributed by atoms with van der Waals surface area (Å²) >= 11 is 5.42. The first-order valence-electron chi connectivity index (χ1n) is 11.0. The molecular weight excluding hydrogens is 464 g/mol. The number of benzene rings is 4. The van der Waals surface area contributed by atoms with Crippen LogP contribution in [0.2, 0.25) is 0 Å². The van der Waals surface area contributed by atoms with E-state index < -0.39 is 11.7 Å². The van der Waals surface area contributed by atoms with Crippen molar-refractivity contribution in [3.05, 3.63) is 120 Å². The van der Waals surface area contributed by atoms with Crippen molar-refractivity contribution in [3.63, 3.8) is 0 Å². The largest absolute Gasteiger partial charge is 0.362 e. The SMILES string of the molecule is O=C(Nc1ccc(NC(=S)NCCc2ccc(F)cc2)cc1-c1ccccc1)c1ccccc1F. The third-order valence-electron chi connectivity index (χ3n) is 5.34. The van der Waals surface area contributed by atoms with Crippen LogP contribution in [0.4, 0.5) is 20.2 Å². The van der Waals surface area contributed by atoms with Gasteiger partial charge in [-0.1, -0.05) is 54.6 Å². The predicted molar refractivity (Wildman–Crippen MR) is 141 cm³/mol. The summed E-state index contributed by atoms with van der Waals surface area (Å²) in [5, 5.41) is 9.56. The average molecular weight is 488 g/mol. The molecule has 0 bridgehead atoms. The molecule has 0 heterocycles. The zero-order valence-corrected chi connectivity index (χ0v) is 19.5. The van der Waals surface area contributed by atoms with Crippen LogP contribution in [0.25, 0.3) is 11.1 Å². The topological polar surface area (TPSA) is 53.2 Å². The van der Waals surface area contributed by atoms with Crippen molar-refractivity contribution in [2.75, 3.05) is 17.2 Å². The van der Waals surface area contributed by atoms with Crippen LogP contribution in [-0.4, -0.2) is 17.6 Å². The monoisotopic (exact) mass is 487 g/mol. The van der Waals surface area contributed by atoms with Gasteiger partial charge in [0, 0.05) is 23.5 Å². The van der Waals surface area contributed by atoms with Gasteiger partial charge in [-0.15, -0.1) is 0 Å². The summed E-state index contributed by atoms with van der Waals surface area (Å²) < 4.78 is 27.1. The number of halogens is 2. The summed E-state index contributed by atoms with van der Waals surface area (Å²) in [5.74, 6) is -1.37. The van der Waals surface area contributed by atoms with E-state index in [9.17, 15) is 13.6 Å². The molecule has 176 valence electrons. The van der Waals surface area contributed by atoms with Crippen LogP contribution < -0.4 is 16.0 Å². The minimum atomic E-state index is -0.582. The van der Waals surface area contributed by atoms with Gasteiger partial charge >= 0.3 is 0 Å². The molecule has 4 rings (SSSR count). The van der Waals surface area contributed by atoms with Gasteiger partial charge in [-0.3, -0.25) is 4.79 Å². The molecule has 0 spiro atoms. The fourth-order valence-corrected chi connectivity index (χ4v) is 3.79. The maximum absolute atomic E-state index is 14.1. The number of thiocarbonyl (C=S) groups is 1. The first kappa shape index (κ1) is 24.0. The summed E-state index contributed by atoms with van der Waals surface area (Å²) in [6.07, 6.45) is 0.693. The molecule has 4 aromatic carbocycles. The van der Waals surface area contributed by atoms with E-state index in [0.717, 1.165) is 22.4 Å². The van der Waals surface area contributed by atoms with Gasteiger partial charge in [0.25, 0.3) is 5.91 Å². The van der Waals surface area contributed by atoms with E-state index in [1.54, 1.807) is 36.4 Å². The quantitative estimate of drug-likeness (QED) is 0.264. The van der Waals surface area contributed by atoms with Gasteiger partial charge in [-0.2, -0.15) is 0 Å². The minimum absolute atomic E-state index is 0.0276. The van der Waals surface area contributed by atoms with Gasteiger partial charge in [0.1, 0.15) is 11.6 Å². The van der Waals surface area contributed by atoms with Crippen molar-refractivity contribution in [1.29, 1.82) is 0 Å². The Balaban J connectivity index is 1.47. The van der Waals surface area contributed by atoms with E-state index in [-0.39, 0.29) is 11.4 Å². The summed E-state index contributed by atoms with van der Waals surface area (Å²) in [5.41, 5.74) is 3.89. The molecule has 3 N–H and O–H groups in total. The summed E-state index contributed by atoms with van der Waals surface area (Å²) in [6, 6.07) is 27.2.